The van der Waals surface area contributed by atoms with Crippen molar-refractivity contribution in [1.29, 1.82) is 5.26 Å². The fraction of sp³-hybridized carbons (Fsp3) is 0.583. The SMILES string of the molecule is CC(NCc1ccc(C#N)o1)C1CCCO1. The van der Waals surface area contributed by atoms with Crippen molar-refractivity contribution >= 4 is 0 Å². The van der Waals surface area contributed by atoms with Crippen molar-refractivity contribution < 1.29 is 9.15 Å². The third kappa shape index (κ3) is 2.63. The van der Waals surface area contributed by atoms with Crippen molar-refractivity contribution in [3.63, 3.8) is 0 Å². The van der Waals surface area contributed by atoms with E-state index in [1.165, 1.54) is 0 Å². The summed E-state index contributed by atoms with van der Waals surface area (Å²) in [5.41, 5.74) is 0. The van der Waals surface area contributed by atoms with Crippen LogP contribution in [0.4, 0.5) is 0 Å². The van der Waals surface area contributed by atoms with Crippen molar-refractivity contribution in [2.45, 2.75) is 38.5 Å². The van der Waals surface area contributed by atoms with Gasteiger partial charge in [0.1, 0.15) is 11.8 Å². The molecule has 0 amide bonds. The Hall–Kier alpha value is -1.31. The summed E-state index contributed by atoms with van der Waals surface area (Å²) in [4.78, 5) is 0. The molecule has 0 radical (unpaired) electrons. The Morgan fingerprint density at radius 3 is 3.12 bits per heavy atom. The van der Waals surface area contributed by atoms with Crippen LogP contribution in [-0.2, 0) is 11.3 Å². The van der Waals surface area contributed by atoms with Gasteiger partial charge in [0.05, 0.1) is 12.6 Å². The maximum Gasteiger partial charge on any atom is 0.203 e. The predicted molar refractivity (Wildman–Crippen MR) is 58.7 cm³/mol. The second-order valence-corrected chi connectivity index (χ2v) is 4.10. The molecule has 86 valence electrons. The van der Waals surface area contributed by atoms with Crippen molar-refractivity contribution in [3.05, 3.63) is 23.7 Å². The second kappa shape index (κ2) is 5.15. The quantitative estimate of drug-likeness (QED) is 0.840. The first-order valence-electron chi connectivity index (χ1n) is 5.63. The van der Waals surface area contributed by atoms with E-state index in [4.69, 9.17) is 14.4 Å². The van der Waals surface area contributed by atoms with Crippen molar-refractivity contribution in [3.8, 4) is 6.07 Å². The Labute approximate surface area is 95.2 Å². The standard InChI is InChI=1S/C12H16N2O2/c1-9(12-3-2-6-15-12)14-8-11-5-4-10(7-13)16-11/h4-5,9,12,14H,2-3,6,8H2,1H3. The van der Waals surface area contributed by atoms with Crippen LogP contribution in [0.5, 0.6) is 0 Å². The molecule has 1 aliphatic heterocycles. The third-order valence-corrected chi connectivity index (χ3v) is 2.89. The fourth-order valence-electron chi connectivity index (χ4n) is 1.92. The number of furan rings is 1. The van der Waals surface area contributed by atoms with E-state index in [-0.39, 0.29) is 0 Å². The molecule has 2 atom stereocenters. The van der Waals surface area contributed by atoms with Crippen LogP contribution in [0, 0.1) is 11.3 Å². The van der Waals surface area contributed by atoms with Crippen molar-refractivity contribution in [2.75, 3.05) is 6.61 Å². The van der Waals surface area contributed by atoms with Gasteiger partial charge < -0.3 is 14.5 Å². The van der Waals surface area contributed by atoms with E-state index in [9.17, 15) is 0 Å². The Bertz CT molecular complexity index is 375. The summed E-state index contributed by atoms with van der Waals surface area (Å²) in [5.74, 6) is 1.16. The lowest BCUT2D eigenvalue weighted by Gasteiger charge is -2.19. The van der Waals surface area contributed by atoms with E-state index in [1.807, 2.05) is 12.1 Å². The van der Waals surface area contributed by atoms with E-state index < -0.39 is 0 Å². The lowest BCUT2D eigenvalue weighted by molar-refractivity contribution is 0.0826. The minimum atomic E-state index is 0.311. The van der Waals surface area contributed by atoms with Gasteiger partial charge in [0.25, 0.3) is 0 Å². The summed E-state index contributed by atoms with van der Waals surface area (Å²) < 4.78 is 10.9. The van der Waals surface area contributed by atoms with Crippen molar-refractivity contribution in [1.82, 2.24) is 5.32 Å². The zero-order chi connectivity index (χ0) is 11.4. The van der Waals surface area contributed by atoms with E-state index in [0.717, 1.165) is 25.2 Å². The Kier molecular flexibility index (Phi) is 3.60. The molecule has 0 aromatic carbocycles. The molecule has 2 heterocycles. The molecule has 4 heteroatoms. The Morgan fingerprint density at radius 1 is 1.62 bits per heavy atom. The van der Waals surface area contributed by atoms with Crippen LogP contribution in [0.15, 0.2) is 16.5 Å². The number of nitriles is 1. The molecule has 0 aliphatic carbocycles. The zero-order valence-corrected chi connectivity index (χ0v) is 9.40. The third-order valence-electron chi connectivity index (χ3n) is 2.89. The van der Waals surface area contributed by atoms with Gasteiger partial charge in [0.15, 0.2) is 0 Å². The first kappa shape index (κ1) is 11.2. The topological polar surface area (TPSA) is 58.2 Å². The molecule has 1 aliphatic rings. The molecule has 1 aromatic rings. The smallest absolute Gasteiger partial charge is 0.203 e. The maximum atomic E-state index is 8.62. The molecule has 16 heavy (non-hydrogen) atoms. The molecule has 0 saturated carbocycles. The number of ether oxygens (including phenoxy) is 1. The molecule has 1 saturated heterocycles. The summed E-state index contributed by atoms with van der Waals surface area (Å²) in [6.45, 7) is 3.63. The van der Waals surface area contributed by atoms with Crippen LogP contribution < -0.4 is 5.32 Å². The van der Waals surface area contributed by atoms with Gasteiger partial charge >= 0.3 is 0 Å². The normalized spacial score (nSPS) is 21.9. The molecule has 1 aromatic heterocycles. The average molecular weight is 220 g/mol. The number of rotatable bonds is 4. The molecular weight excluding hydrogens is 204 g/mol. The first-order valence-corrected chi connectivity index (χ1v) is 5.63. The van der Waals surface area contributed by atoms with Crippen LogP contribution in [0.25, 0.3) is 0 Å². The van der Waals surface area contributed by atoms with E-state index >= 15 is 0 Å². The monoisotopic (exact) mass is 220 g/mol. The van der Waals surface area contributed by atoms with Crippen molar-refractivity contribution in [2.24, 2.45) is 0 Å². The molecule has 4 nitrogen and oxygen atoms in total. The minimum Gasteiger partial charge on any atom is -0.449 e. The Balaban J connectivity index is 1.80. The molecule has 0 spiro atoms. The van der Waals surface area contributed by atoms with Gasteiger partial charge in [-0.1, -0.05) is 0 Å². The van der Waals surface area contributed by atoms with Crippen LogP contribution in [0.1, 0.15) is 31.3 Å². The predicted octanol–water partition coefficient (Wildman–Crippen LogP) is 1.81. The summed E-state index contributed by atoms with van der Waals surface area (Å²) in [6.07, 6.45) is 2.58. The van der Waals surface area contributed by atoms with Gasteiger partial charge in [0.2, 0.25) is 5.76 Å². The second-order valence-electron chi connectivity index (χ2n) is 4.10. The lowest BCUT2D eigenvalue weighted by atomic mass is 10.1. The van der Waals surface area contributed by atoms with Crippen LogP contribution in [-0.4, -0.2) is 18.8 Å². The van der Waals surface area contributed by atoms with Crippen LogP contribution in [0.2, 0.25) is 0 Å². The highest BCUT2D eigenvalue weighted by Gasteiger charge is 2.21. The van der Waals surface area contributed by atoms with Crippen LogP contribution in [0.3, 0.4) is 0 Å². The van der Waals surface area contributed by atoms with E-state index in [2.05, 4.69) is 12.2 Å². The lowest BCUT2D eigenvalue weighted by Crippen LogP contribution is -2.36. The number of hydrogen-bond acceptors (Lipinski definition) is 4. The van der Waals surface area contributed by atoms with E-state index in [0.29, 0.717) is 24.5 Å². The molecule has 2 rings (SSSR count). The molecule has 1 fully saturated rings. The zero-order valence-electron chi connectivity index (χ0n) is 9.40. The van der Waals surface area contributed by atoms with Gasteiger partial charge in [-0.3, -0.25) is 0 Å². The van der Waals surface area contributed by atoms with E-state index in [1.54, 1.807) is 6.07 Å². The molecule has 1 N–H and O–H groups in total. The summed E-state index contributed by atoms with van der Waals surface area (Å²) in [6, 6.07) is 5.80. The van der Waals surface area contributed by atoms with Crippen LogP contribution >= 0.6 is 0 Å². The highest BCUT2D eigenvalue weighted by molar-refractivity contribution is 5.18. The summed E-state index contributed by atoms with van der Waals surface area (Å²) in [7, 11) is 0. The Morgan fingerprint density at radius 2 is 2.50 bits per heavy atom. The highest BCUT2D eigenvalue weighted by Crippen LogP contribution is 2.16. The number of hydrogen-bond donors (Lipinski definition) is 1. The van der Waals surface area contributed by atoms with Gasteiger partial charge in [-0.05, 0) is 31.9 Å². The maximum absolute atomic E-state index is 8.62. The molecule has 0 bridgehead atoms. The number of nitrogens with zero attached hydrogens (tertiary/aromatic N) is 1. The average Bonchev–Trinajstić information content (AvgIpc) is 2.96. The van der Waals surface area contributed by atoms with Gasteiger partial charge in [-0.25, -0.2) is 0 Å². The van der Waals surface area contributed by atoms with Gasteiger partial charge in [0, 0.05) is 12.6 Å². The summed E-state index contributed by atoms with van der Waals surface area (Å²) >= 11 is 0. The highest BCUT2D eigenvalue weighted by atomic mass is 16.5. The van der Waals surface area contributed by atoms with Gasteiger partial charge in [-0.15, -0.1) is 0 Å². The first-order chi connectivity index (χ1) is 7.79. The molecule has 2 unspecified atom stereocenters. The van der Waals surface area contributed by atoms with Gasteiger partial charge in [-0.2, -0.15) is 5.26 Å². The fourth-order valence-corrected chi connectivity index (χ4v) is 1.92. The largest absolute Gasteiger partial charge is 0.449 e. The summed E-state index contributed by atoms with van der Waals surface area (Å²) in [5, 5.41) is 12.0. The number of nitrogens with one attached hydrogen (secondary N) is 1. The molecular formula is C12H16N2O2. The minimum absolute atomic E-state index is 0.311.